The van der Waals surface area contributed by atoms with E-state index >= 15 is 0 Å². The van der Waals surface area contributed by atoms with Crippen LogP contribution in [-0.4, -0.2) is 27.8 Å². The summed E-state index contributed by atoms with van der Waals surface area (Å²) >= 11 is 6.22. The second-order valence-electron chi connectivity index (χ2n) is 6.38. The third-order valence-electron chi connectivity index (χ3n) is 4.50. The van der Waals surface area contributed by atoms with Crippen LogP contribution in [0.4, 0.5) is 0 Å². The van der Waals surface area contributed by atoms with Crippen molar-refractivity contribution in [3.63, 3.8) is 0 Å². The van der Waals surface area contributed by atoms with E-state index in [9.17, 15) is 4.79 Å². The van der Waals surface area contributed by atoms with Gasteiger partial charge in [0.15, 0.2) is 5.69 Å². The number of nitrogens with zero attached hydrogens (tertiary/aromatic N) is 2. The predicted octanol–water partition coefficient (Wildman–Crippen LogP) is 2.69. The number of hydrogen-bond acceptors (Lipinski definition) is 3. The van der Waals surface area contributed by atoms with Crippen LogP contribution in [-0.2, 0) is 0 Å². The number of benzene rings is 1. The van der Waals surface area contributed by atoms with Crippen molar-refractivity contribution in [2.24, 2.45) is 11.7 Å². The first-order chi connectivity index (χ1) is 10.9. The molecule has 6 heteroatoms. The fourth-order valence-electron chi connectivity index (χ4n) is 2.82. The Morgan fingerprint density at radius 3 is 2.78 bits per heavy atom. The lowest BCUT2D eigenvalue weighted by Gasteiger charge is -2.29. The average Bonchev–Trinajstić information content (AvgIpc) is 3.31. The fraction of sp³-hybridized carbons (Fsp3) is 0.412. The lowest BCUT2D eigenvalue weighted by Crippen LogP contribution is -2.53. The summed E-state index contributed by atoms with van der Waals surface area (Å²) in [5.41, 5.74) is 7.49. The van der Waals surface area contributed by atoms with Gasteiger partial charge >= 0.3 is 0 Å². The molecular formula is C17H21ClN4O. The summed E-state index contributed by atoms with van der Waals surface area (Å²) in [6.07, 6.45) is 2.22. The highest BCUT2D eigenvalue weighted by Gasteiger charge is 2.41. The van der Waals surface area contributed by atoms with Gasteiger partial charge in [-0.3, -0.25) is 4.79 Å². The molecule has 0 bridgehead atoms. The maximum atomic E-state index is 12.6. The highest BCUT2D eigenvalue weighted by Crippen LogP contribution is 2.39. The van der Waals surface area contributed by atoms with Gasteiger partial charge in [0.05, 0.1) is 16.2 Å². The summed E-state index contributed by atoms with van der Waals surface area (Å²) in [4.78, 5) is 12.6. The molecule has 1 unspecified atom stereocenters. The first kappa shape index (κ1) is 16.0. The Morgan fingerprint density at radius 1 is 1.48 bits per heavy atom. The third kappa shape index (κ3) is 3.12. The molecule has 1 aromatic carbocycles. The Labute approximate surface area is 140 Å². The van der Waals surface area contributed by atoms with E-state index in [2.05, 4.69) is 10.4 Å². The first-order valence-electron chi connectivity index (χ1n) is 7.79. The standard InChI is InChI=1S/C17H21ClN4O/c1-11-9-14(16(23)20-17(2,10-19)12-7-8-12)21-22(11)15-6-4-3-5-13(15)18/h3-6,9,12H,7-8,10,19H2,1-2H3,(H,20,23). The number of amides is 1. The van der Waals surface area contributed by atoms with E-state index in [-0.39, 0.29) is 11.4 Å². The highest BCUT2D eigenvalue weighted by molar-refractivity contribution is 6.32. The molecule has 1 amide bonds. The molecule has 23 heavy (non-hydrogen) atoms. The molecule has 122 valence electrons. The van der Waals surface area contributed by atoms with E-state index in [1.165, 1.54) is 0 Å². The van der Waals surface area contributed by atoms with Gasteiger partial charge in [-0.15, -0.1) is 0 Å². The summed E-state index contributed by atoms with van der Waals surface area (Å²) in [5, 5.41) is 8.07. The number of nitrogens with one attached hydrogen (secondary N) is 1. The zero-order chi connectivity index (χ0) is 16.6. The van der Waals surface area contributed by atoms with Gasteiger partial charge in [0, 0.05) is 12.2 Å². The van der Waals surface area contributed by atoms with Crippen molar-refractivity contribution < 1.29 is 4.79 Å². The molecule has 1 aromatic heterocycles. The molecular weight excluding hydrogens is 312 g/mol. The van der Waals surface area contributed by atoms with Crippen molar-refractivity contribution in [2.75, 3.05) is 6.54 Å². The molecule has 1 heterocycles. The van der Waals surface area contributed by atoms with Crippen LogP contribution in [0.2, 0.25) is 5.02 Å². The van der Waals surface area contributed by atoms with E-state index < -0.39 is 0 Å². The molecule has 3 N–H and O–H groups in total. The van der Waals surface area contributed by atoms with Crippen molar-refractivity contribution in [2.45, 2.75) is 32.2 Å². The van der Waals surface area contributed by atoms with Gasteiger partial charge in [-0.1, -0.05) is 23.7 Å². The quantitative estimate of drug-likeness (QED) is 0.884. The van der Waals surface area contributed by atoms with Crippen LogP contribution in [0.15, 0.2) is 30.3 Å². The Kier molecular flexibility index (Phi) is 4.17. The van der Waals surface area contributed by atoms with Crippen LogP contribution in [0, 0.1) is 12.8 Å². The fourth-order valence-corrected chi connectivity index (χ4v) is 3.03. The first-order valence-corrected chi connectivity index (χ1v) is 8.16. The number of aromatic nitrogens is 2. The van der Waals surface area contributed by atoms with Gasteiger partial charge < -0.3 is 11.1 Å². The van der Waals surface area contributed by atoms with Gasteiger partial charge in [-0.25, -0.2) is 4.68 Å². The van der Waals surface area contributed by atoms with Crippen LogP contribution in [0.25, 0.3) is 5.69 Å². The third-order valence-corrected chi connectivity index (χ3v) is 4.82. The molecule has 0 aliphatic heterocycles. The molecule has 1 atom stereocenters. The smallest absolute Gasteiger partial charge is 0.272 e. The number of carbonyl (C=O) groups is 1. The number of aryl methyl sites for hydroxylation is 1. The second-order valence-corrected chi connectivity index (χ2v) is 6.79. The van der Waals surface area contributed by atoms with Crippen molar-refractivity contribution in [1.29, 1.82) is 0 Å². The van der Waals surface area contributed by atoms with Crippen LogP contribution in [0.1, 0.15) is 35.9 Å². The average molecular weight is 333 g/mol. The van der Waals surface area contributed by atoms with Crippen LogP contribution >= 0.6 is 11.6 Å². The Balaban J connectivity index is 1.86. The number of rotatable bonds is 5. The normalized spacial score (nSPS) is 16.9. The van der Waals surface area contributed by atoms with Crippen LogP contribution < -0.4 is 11.1 Å². The van der Waals surface area contributed by atoms with E-state index in [0.717, 1.165) is 24.2 Å². The Bertz CT molecular complexity index is 738. The number of hydrogen-bond donors (Lipinski definition) is 2. The van der Waals surface area contributed by atoms with Gasteiger partial charge in [-0.05, 0) is 50.8 Å². The summed E-state index contributed by atoms with van der Waals surface area (Å²) in [7, 11) is 0. The number of para-hydroxylation sites is 1. The summed E-state index contributed by atoms with van der Waals surface area (Å²) in [6, 6.07) is 9.19. The maximum Gasteiger partial charge on any atom is 0.272 e. The maximum absolute atomic E-state index is 12.6. The molecule has 0 saturated heterocycles. The topological polar surface area (TPSA) is 72.9 Å². The molecule has 0 spiro atoms. The van der Waals surface area contributed by atoms with E-state index in [1.54, 1.807) is 16.8 Å². The summed E-state index contributed by atoms with van der Waals surface area (Å²) in [5.74, 6) is 0.266. The van der Waals surface area contributed by atoms with Gasteiger partial charge in [0.2, 0.25) is 0 Å². The minimum absolute atomic E-state index is 0.196. The molecule has 3 rings (SSSR count). The van der Waals surface area contributed by atoms with Gasteiger partial charge in [0.1, 0.15) is 0 Å². The highest BCUT2D eigenvalue weighted by atomic mass is 35.5. The summed E-state index contributed by atoms with van der Waals surface area (Å²) in [6.45, 7) is 4.32. The van der Waals surface area contributed by atoms with Crippen LogP contribution in [0.5, 0.6) is 0 Å². The zero-order valence-electron chi connectivity index (χ0n) is 13.3. The zero-order valence-corrected chi connectivity index (χ0v) is 14.1. The lowest BCUT2D eigenvalue weighted by molar-refractivity contribution is 0.0892. The minimum Gasteiger partial charge on any atom is -0.344 e. The second kappa shape index (κ2) is 5.98. The van der Waals surface area contributed by atoms with Crippen molar-refractivity contribution in [3.05, 3.63) is 46.7 Å². The summed E-state index contributed by atoms with van der Waals surface area (Å²) < 4.78 is 1.69. The van der Waals surface area contributed by atoms with Crippen molar-refractivity contribution in [1.82, 2.24) is 15.1 Å². The molecule has 2 aromatic rings. The van der Waals surface area contributed by atoms with Crippen molar-refractivity contribution >= 4 is 17.5 Å². The van der Waals surface area contributed by atoms with Crippen molar-refractivity contribution in [3.8, 4) is 5.69 Å². The molecule has 1 saturated carbocycles. The molecule has 0 radical (unpaired) electrons. The van der Waals surface area contributed by atoms with Gasteiger partial charge in [0.25, 0.3) is 5.91 Å². The minimum atomic E-state index is -0.362. The number of halogens is 1. The Hall–Kier alpha value is -1.85. The SMILES string of the molecule is Cc1cc(C(=O)NC(C)(CN)C2CC2)nn1-c1ccccc1Cl. The molecule has 5 nitrogen and oxygen atoms in total. The lowest BCUT2D eigenvalue weighted by atomic mass is 9.96. The van der Waals surface area contributed by atoms with E-state index in [1.807, 2.05) is 32.0 Å². The Morgan fingerprint density at radius 2 is 2.17 bits per heavy atom. The predicted molar refractivity (Wildman–Crippen MR) is 91.0 cm³/mol. The monoisotopic (exact) mass is 332 g/mol. The van der Waals surface area contributed by atoms with E-state index in [0.29, 0.717) is 23.2 Å². The number of carbonyl (C=O) groups excluding carboxylic acids is 1. The molecule has 1 fully saturated rings. The molecule has 1 aliphatic carbocycles. The largest absolute Gasteiger partial charge is 0.344 e. The van der Waals surface area contributed by atoms with Crippen LogP contribution in [0.3, 0.4) is 0 Å². The number of nitrogens with two attached hydrogens (primary N) is 1. The molecule has 1 aliphatic rings. The van der Waals surface area contributed by atoms with Gasteiger partial charge in [-0.2, -0.15) is 5.10 Å². The van der Waals surface area contributed by atoms with E-state index in [4.69, 9.17) is 17.3 Å².